The predicted octanol–water partition coefficient (Wildman–Crippen LogP) is 5.15. The number of carbonyl (C=O) groups is 1. The molecular formula is C15H10BrClN2OS. The van der Waals surface area contributed by atoms with Crippen molar-refractivity contribution in [2.75, 3.05) is 11.1 Å². The van der Waals surface area contributed by atoms with Gasteiger partial charge in [0.05, 0.1) is 16.4 Å². The van der Waals surface area contributed by atoms with Crippen molar-refractivity contribution in [3.05, 3.63) is 56.8 Å². The molecular weight excluding hydrogens is 372 g/mol. The molecule has 2 aromatic carbocycles. The molecule has 3 rings (SSSR count). The molecule has 6 heteroatoms. The number of fused-ring (bicyclic) bond motifs is 1. The van der Waals surface area contributed by atoms with Crippen LogP contribution in [0.5, 0.6) is 0 Å². The van der Waals surface area contributed by atoms with Crippen molar-refractivity contribution >= 4 is 66.2 Å². The Bertz CT molecular complexity index is 847. The van der Waals surface area contributed by atoms with E-state index in [1.807, 2.05) is 30.3 Å². The van der Waals surface area contributed by atoms with E-state index >= 15 is 0 Å². The number of nitrogens with two attached hydrogens (primary N) is 1. The highest BCUT2D eigenvalue weighted by Crippen LogP contribution is 2.36. The van der Waals surface area contributed by atoms with E-state index in [0.717, 1.165) is 14.6 Å². The lowest BCUT2D eigenvalue weighted by Gasteiger charge is -2.07. The zero-order valence-electron chi connectivity index (χ0n) is 10.7. The Morgan fingerprint density at radius 2 is 2.00 bits per heavy atom. The molecule has 106 valence electrons. The molecule has 0 saturated carbocycles. The second-order valence-corrected chi connectivity index (χ2v) is 6.77. The van der Waals surface area contributed by atoms with Crippen molar-refractivity contribution in [1.82, 2.24) is 0 Å². The fourth-order valence-corrected chi connectivity index (χ4v) is 3.78. The van der Waals surface area contributed by atoms with E-state index in [1.54, 1.807) is 12.1 Å². The van der Waals surface area contributed by atoms with Crippen LogP contribution in [0.2, 0.25) is 5.02 Å². The molecule has 21 heavy (non-hydrogen) atoms. The fourth-order valence-electron chi connectivity index (χ4n) is 1.99. The molecule has 3 nitrogen and oxygen atoms in total. The molecule has 0 fully saturated rings. The van der Waals surface area contributed by atoms with Crippen LogP contribution in [0.15, 0.2) is 46.9 Å². The van der Waals surface area contributed by atoms with Crippen molar-refractivity contribution < 1.29 is 4.79 Å². The number of amides is 1. The number of nitrogens with one attached hydrogen (secondary N) is 1. The zero-order chi connectivity index (χ0) is 15.0. The lowest BCUT2D eigenvalue weighted by molar-refractivity contribution is 0.103. The van der Waals surface area contributed by atoms with E-state index in [1.165, 1.54) is 11.3 Å². The van der Waals surface area contributed by atoms with Gasteiger partial charge < -0.3 is 11.1 Å². The number of thiophene rings is 1. The summed E-state index contributed by atoms with van der Waals surface area (Å²) in [5, 5.41) is 4.16. The van der Waals surface area contributed by atoms with E-state index in [-0.39, 0.29) is 5.91 Å². The number of rotatable bonds is 2. The lowest BCUT2D eigenvalue weighted by Crippen LogP contribution is -2.12. The number of nitrogen functional groups attached to an aromatic ring is 1. The lowest BCUT2D eigenvalue weighted by atomic mass is 10.2. The van der Waals surface area contributed by atoms with Crippen molar-refractivity contribution in [3.8, 4) is 0 Å². The van der Waals surface area contributed by atoms with Gasteiger partial charge in [-0.1, -0.05) is 45.7 Å². The normalized spacial score (nSPS) is 10.8. The van der Waals surface area contributed by atoms with Gasteiger partial charge in [0.1, 0.15) is 4.88 Å². The number of halogens is 2. The maximum Gasteiger partial charge on any atom is 0.267 e. The van der Waals surface area contributed by atoms with E-state index < -0.39 is 0 Å². The Morgan fingerprint density at radius 1 is 1.24 bits per heavy atom. The van der Waals surface area contributed by atoms with Gasteiger partial charge in [-0.25, -0.2) is 0 Å². The smallest absolute Gasteiger partial charge is 0.267 e. The summed E-state index contributed by atoms with van der Waals surface area (Å²) in [5.74, 6) is -0.254. The van der Waals surface area contributed by atoms with Gasteiger partial charge in [-0.05, 0) is 24.3 Å². The first-order valence-electron chi connectivity index (χ1n) is 6.09. The van der Waals surface area contributed by atoms with Crippen LogP contribution < -0.4 is 11.1 Å². The van der Waals surface area contributed by atoms with Gasteiger partial charge >= 0.3 is 0 Å². The Labute approximate surface area is 138 Å². The quantitative estimate of drug-likeness (QED) is 0.603. The summed E-state index contributed by atoms with van der Waals surface area (Å²) in [5.41, 5.74) is 6.95. The maximum absolute atomic E-state index is 12.4. The van der Waals surface area contributed by atoms with E-state index in [4.69, 9.17) is 17.3 Å². The maximum atomic E-state index is 12.4. The average Bonchev–Trinajstić information content (AvgIpc) is 2.80. The van der Waals surface area contributed by atoms with Crippen LogP contribution >= 0.6 is 38.9 Å². The van der Waals surface area contributed by atoms with Crippen LogP contribution in [-0.2, 0) is 0 Å². The summed E-state index contributed by atoms with van der Waals surface area (Å²) in [6.45, 7) is 0. The molecule has 3 N–H and O–H groups in total. The molecule has 0 atom stereocenters. The average molecular weight is 382 g/mol. The number of anilines is 2. The van der Waals surface area contributed by atoms with Crippen molar-refractivity contribution in [1.29, 1.82) is 0 Å². The number of benzene rings is 2. The first kappa shape index (κ1) is 14.4. The van der Waals surface area contributed by atoms with E-state index in [9.17, 15) is 4.79 Å². The van der Waals surface area contributed by atoms with Gasteiger partial charge in [-0.2, -0.15) is 0 Å². The zero-order valence-corrected chi connectivity index (χ0v) is 13.8. The number of carbonyl (C=O) groups excluding carboxylic acids is 1. The van der Waals surface area contributed by atoms with Crippen molar-refractivity contribution in [2.24, 2.45) is 0 Å². The molecule has 0 saturated heterocycles. The fraction of sp³-hybridized carbons (Fsp3) is 0. The summed E-state index contributed by atoms with van der Waals surface area (Å²) in [6.07, 6.45) is 0. The second kappa shape index (κ2) is 5.67. The Hall–Kier alpha value is -1.56. The first-order valence-corrected chi connectivity index (χ1v) is 8.08. The number of hydrogen-bond acceptors (Lipinski definition) is 3. The molecule has 1 heterocycles. The summed E-state index contributed by atoms with van der Waals surface area (Å²) in [7, 11) is 0. The van der Waals surface area contributed by atoms with Crippen LogP contribution in [0.1, 0.15) is 9.67 Å². The highest BCUT2D eigenvalue weighted by atomic mass is 79.9. The third-order valence-electron chi connectivity index (χ3n) is 3.00. The molecule has 1 amide bonds. The summed E-state index contributed by atoms with van der Waals surface area (Å²) in [4.78, 5) is 12.9. The molecule has 3 aromatic rings. The summed E-state index contributed by atoms with van der Waals surface area (Å²) < 4.78 is 1.84. The monoisotopic (exact) mass is 380 g/mol. The molecule has 0 unspecified atom stereocenters. The molecule has 0 spiro atoms. The summed E-state index contributed by atoms with van der Waals surface area (Å²) in [6, 6.07) is 13.0. The van der Waals surface area contributed by atoms with Crippen LogP contribution in [0, 0.1) is 0 Å². The van der Waals surface area contributed by atoms with Crippen LogP contribution in [0.4, 0.5) is 11.4 Å². The Balaban J connectivity index is 1.95. The molecule has 0 bridgehead atoms. The number of hydrogen-bond donors (Lipinski definition) is 2. The van der Waals surface area contributed by atoms with Gasteiger partial charge in [-0.15, -0.1) is 11.3 Å². The Kier molecular flexibility index (Phi) is 3.89. The van der Waals surface area contributed by atoms with Crippen molar-refractivity contribution in [2.45, 2.75) is 0 Å². The molecule has 0 aliphatic rings. The van der Waals surface area contributed by atoms with Crippen LogP contribution in [-0.4, -0.2) is 5.91 Å². The molecule has 0 aliphatic carbocycles. The van der Waals surface area contributed by atoms with Gasteiger partial charge in [0, 0.05) is 14.6 Å². The van der Waals surface area contributed by atoms with Gasteiger partial charge in [-0.3, -0.25) is 4.79 Å². The standard InChI is InChI=1S/C15H10BrClN2OS/c16-8-5-6-11(10(18)7-8)19-15(20)14-13(17)9-3-1-2-4-12(9)21-14/h1-7H,18H2,(H,19,20). The highest BCUT2D eigenvalue weighted by molar-refractivity contribution is 9.10. The van der Waals surface area contributed by atoms with Gasteiger partial charge in [0.2, 0.25) is 0 Å². The molecule has 1 aromatic heterocycles. The molecule has 0 radical (unpaired) electrons. The van der Waals surface area contributed by atoms with Crippen LogP contribution in [0.25, 0.3) is 10.1 Å². The van der Waals surface area contributed by atoms with Crippen LogP contribution in [0.3, 0.4) is 0 Å². The highest BCUT2D eigenvalue weighted by Gasteiger charge is 2.17. The third kappa shape index (κ3) is 2.77. The second-order valence-electron chi connectivity index (χ2n) is 4.43. The van der Waals surface area contributed by atoms with E-state index in [0.29, 0.717) is 21.3 Å². The predicted molar refractivity (Wildman–Crippen MR) is 93.3 cm³/mol. The van der Waals surface area contributed by atoms with E-state index in [2.05, 4.69) is 21.2 Å². The first-order chi connectivity index (χ1) is 10.1. The minimum Gasteiger partial charge on any atom is -0.397 e. The SMILES string of the molecule is Nc1cc(Br)ccc1NC(=O)c1sc2ccccc2c1Cl. The largest absolute Gasteiger partial charge is 0.397 e. The minimum atomic E-state index is -0.254. The van der Waals surface area contributed by atoms with Gasteiger partial charge in [0.15, 0.2) is 0 Å². The van der Waals surface area contributed by atoms with Gasteiger partial charge in [0.25, 0.3) is 5.91 Å². The molecule has 0 aliphatic heterocycles. The summed E-state index contributed by atoms with van der Waals surface area (Å²) >= 11 is 11.0. The van der Waals surface area contributed by atoms with Crippen molar-refractivity contribution in [3.63, 3.8) is 0 Å². The Morgan fingerprint density at radius 3 is 2.71 bits per heavy atom. The minimum absolute atomic E-state index is 0.254. The topological polar surface area (TPSA) is 55.1 Å². The third-order valence-corrected chi connectivity index (χ3v) is 5.17.